The molecule has 112 valence electrons. The van der Waals surface area contributed by atoms with E-state index in [0.29, 0.717) is 17.9 Å². The molecule has 2 aromatic rings. The van der Waals surface area contributed by atoms with E-state index >= 15 is 0 Å². The fourth-order valence-electron chi connectivity index (χ4n) is 2.86. The molecule has 3 rings (SSSR count). The average molecular weight is 304 g/mol. The molecule has 0 fully saturated rings. The lowest BCUT2D eigenvalue weighted by molar-refractivity contribution is 0.0943. The quantitative estimate of drug-likeness (QED) is 0.908. The Morgan fingerprint density at radius 3 is 3.00 bits per heavy atom. The molecule has 0 atom stereocenters. The number of nitrogen functional groups attached to an aromatic ring is 1. The zero-order chi connectivity index (χ0) is 15.0. The van der Waals surface area contributed by atoms with E-state index in [0.717, 1.165) is 12.1 Å². The number of aryl methyl sites for hydroxylation is 4. The molecule has 0 radical (unpaired) electrons. The molecule has 0 aromatic carbocycles. The fraction of sp³-hybridized carbons (Fsp3) is 0.467. The summed E-state index contributed by atoms with van der Waals surface area (Å²) >= 11 is 1.81. The van der Waals surface area contributed by atoms with Crippen LogP contribution in [0, 0.1) is 0 Å². The summed E-state index contributed by atoms with van der Waals surface area (Å²) in [6.45, 7) is 2.54. The van der Waals surface area contributed by atoms with Gasteiger partial charge in [-0.2, -0.15) is 5.10 Å². The minimum atomic E-state index is -0.157. The van der Waals surface area contributed by atoms with E-state index in [1.54, 1.807) is 11.7 Å². The van der Waals surface area contributed by atoms with Gasteiger partial charge in [-0.1, -0.05) is 6.92 Å². The molecule has 1 aliphatic rings. The van der Waals surface area contributed by atoms with E-state index < -0.39 is 0 Å². The Balaban J connectivity index is 1.70. The van der Waals surface area contributed by atoms with Gasteiger partial charge in [0.2, 0.25) is 0 Å². The number of amides is 1. The summed E-state index contributed by atoms with van der Waals surface area (Å²) in [5, 5.41) is 7.23. The largest absolute Gasteiger partial charge is 0.395 e. The van der Waals surface area contributed by atoms with Crippen molar-refractivity contribution >= 4 is 22.9 Å². The standard InChI is InChI=1S/C15H20N4OS/c1-3-11-13(16)14(19(2)18-11)15(20)17-8-10-7-9-5-4-6-12(9)21-10/h7H,3-6,8,16H2,1-2H3,(H,17,20). The monoisotopic (exact) mass is 304 g/mol. The number of nitrogens with zero attached hydrogens (tertiary/aromatic N) is 2. The van der Waals surface area contributed by atoms with Gasteiger partial charge in [0.15, 0.2) is 0 Å². The van der Waals surface area contributed by atoms with Crippen LogP contribution >= 0.6 is 11.3 Å². The van der Waals surface area contributed by atoms with Crippen molar-refractivity contribution in [2.24, 2.45) is 7.05 Å². The van der Waals surface area contributed by atoms with Crippen LogP contribution in [0.1, 0.15) is 44.8 Å². The van der Waals surface area contributed by atoms with E-state index in [9.17, 15) is 4.79 Å². The molecule has 0 saturated heterocycles. The number of carbonyl (C=O) groups excluding carboxylic acids is 1. The van der Waals surface area contributed by atoms with Gasteiger partial charge in [0, 0.05) is 16.8 Å². The van der Waals surface area contributed by atoms with Gasteiger partial charge in [0.25, 0.3) is 5.91 Å². The van der Waals surface area contributed by atoms with Crippen molar-refractivity contribution in [1.29, 1.82) is 0 Å². The van der Waals surface area contributed by atoms with Gasteiger partial charge in [0.1, 0.15) is 5.69 Å². The van der Waals surface area contributed by atoms with Crippen molar-refractivity contribution < 1.29 is 4.79 Å². The molecule has 0 saturated carbocycles. The van der Waals surface area contributed by atoms with Crippen molar-refractivity contribution in [1.82, 2.24) is 15.1 Å². The van der Waals surface area contributed by atoms with Crippen molar-refractivity contribution in [3.05, 3.63) is 32.8 Å². The first kappa shape index (κ1) is 14.1. The molecule has 0 unspecified atom stereocenters. The number of carbonyl (C=O) groups is 1. The number of hydrogen-bond acceptors (Lipinski definition) is 4. The van der Waals surface area contributed by atoms with Gasteiger partial charge in [-0.15, -0.1) is 11.3 Å². The molecule has 21 heavy (non-hydrogen) atoms. The molecule has 0 bridgehead atoms. The van der Waals surface area contributed by atoms with Crippen LogP contribution in [0.2, 0.25) is 0 Å². The lowest BCUT2D eigenvalue weighted by Crippen LogP contribution is -2.25. The van der Waals surface area contributed by atoms with Crippen molar-refractivity contribution in [2.75, 3.05) is 5.73 Å². The molecule has 1 amide bonds. The summed E-state index contributed by atoms with van der Waals surface area (Å²) in [6.07, 6.45) is 4.35. The molecular weight excluding hydrogens is 284 g/mol. The summed E-state index contributed by atoms with van der Waals surface area (Å²) in [5.41, 5.74) is 9.18. The van der Waals surface area contributed by atoms with Crippen LogP contribution in [-0.4, -0.2) is 15.7 Å². The second kappa shape index (κ2) is 5.52. The van der Waals surface area contributed by atoms with Crippen LogP contribution in [0.25, 0.3) is 0 Å². The van der Waals surface area contributed by atoms with Crippen LogP contribution in [0.15, 0.2) is 6.07 Å². The number of thiophene rings is 1. The van der Waals surface area contributed by atoms with Crippen molar-refractivity contribution in [3.63, 3.8) is 0 Å². The highest BCUT2D eigenvalue weighted by molar-refractivity contribution is 7.12. The predicted molar refractivity (Wildman–Crippen MR) is 84.5 cm³/mol. The minimum absolute atomic E-state index is 0.157. The summed E-state index contributed by atoms with van der Waals surface area (Å²) in [7, 11) is 1.75. The van der Waals surface area contributed by atoms with Gasteiger partial charge in [-0.05, 0) is 37.3 Å². The number of fused-ring (bicyclic) bond motifs is 1. The first-order valence-electron chi connectivity index (χ1n) is 7.30. The third-order valence-electron chi connectivity index (χ3n) is 3.93. The molecule has 2 aromatic heterocycles. The van der Waals surface area contributed by atoms with Gasteiger partial charge in [-0.3, -0.25) is 9.48 Å². The number of rotatable bonds is 4. The van der Waals surface area contributed by atoms with Crippen LogP contribution in [-0.2, 0) is 32.9 Å². The number of nitrogens with one attached hydrogen (secondary N) is 1. The number of aromatic nitrogens is 2. The van der Waals surface area contributed by atoms with Crippen LogP contribution < -0.4 is 11.1 Å². The average Bonchev–Trinajstić information content (AvgIpc) is 3.09. The van der Waals surface area contributed by atoms with E-state index in [-0.39, 0.29) is 5.91 Å². The molecule has 3 N–H and O–H groups in total. The van der Waals surface area contributed by atoms with Gasteiger partial charge in [-0.25, -0.2) is 0 Å². The lowest BCUT2D eigenvalue weighted by atomic mass is 10.2. The summed E-state index contributed by atoms with van der Waals surface area (Å²) < 4.78 is 1.57. The third-order valence-corrected chi connectivity index (χ3v) is 5.17. The van der Waals surface area contributed by atoms with Crippen LogP contribution in [0.4, 0.5) is 5.69 Å². The number of hydrogen-bond donors (Lipinski definition) is 2. The predicted octanol–water partition coefficient (Wildman–Crippen LogP) is 2.04. The highest BCUT2D eigenvalue weighted by Gasteiger charge is 2.20. The number of anilines is 1. The normalized spacial score (nSPS) is 13.4. The smallest absolute Gasteiger partial charge is 0.271 e. The van der Waals surface area contributed by atoms with Gasteiger partial charge in [0.05, 0.1) is 17.9 Å². The summed E-state index contributed by atoms with van der Waals surface area (Å²) in [5.74, 6) is -0.157. The molecular formula is C15H20N4OS. The van der Waals surface area contributed by atoms with Crippen LogP contribution in [0.3, 0.4) is 0 Å². The molecule has 2 heterocycles. The van der Waals surface area contributed by atoms with Gasteiger partial charge >= 0.3 is 0 Å². The lowest BCUT2D eigenvalue weighted by Gasteiger charge is -2.05. The fourth-order valence-corrected chi connectivity index (χ4v) is 4.06. The summed E-state index contributed by atoms with van der Waals surface area (Å²) in [4.78, 5) is 15.0. The minimum Gasteiger partial charge on any atom is -0.395 e. The third kappa shape index (κ3) is 2.55. The Hall–Kier alpha value is -1.82. The Kier molecular flexibility index (Phi) is 3.71. The van der Waals surface area contributed by atoms with E-state index in [1.165, 1.54) is 34.6 Å². The Morgan fingerprint density at radius 1 is 1.52 bits per heavy atom. The molecule has 1 aliphatic carbocycles. The maximum Gasteiger partial charge on any atom is 0.271 e. The number of nitrogens with two attached hydrogens (primary N) is 1. The zero-order valence-electron chi connectivity index (χ0n) is 12.4. The second-order valence-electron chi connectivity index (χ2n) is 5.38. The van der Waals surface area contributed by atoms with E-state index in [4.69, 9.17) is 5.73 Å². The van der Waals surface area contributed by atoms with Gasteiger partial charge < -0.3 is 11.1 Å². The Morgan fingerprint density at radius 2 is 2.33 bits per heavy atom. The maximum absolute atomic E-state index is 12.3. The topological polar surface area (TPSA) is 72.9 Å². The molecule has 5 nitrogen and oxygen atoms in total. The first-order chi connectivity index (χ1) is 10.1. The van der Waals surface area contributed by atoms with E-state index in [1.807, 2.05) is 18.3 Å². The SMILES string of the molecule is CCc1nn(C)c(C(=O)NCc2cc3c(s2)CCC3)c1N. The second-order valence-corrected chi connectivity index (χ2v) is 6.60. The maximum atomic E-state index is 12.3. The van der Waals surface area contributed by atoms with Crippen molar-refractivity contribution in [2.45, 2.75) is 39.2 Å². The van der Waals surface area contributed by atoms with Crippen LogP contribution in [0.5, 0.6) is 0 Å². The zero-order valence-corrected chi connectivity index (χ0v) is 13.2. The van der Waals surface area contributed by atoms with Crippen molar-refractivity contribution in [3.8, 4) is 0 Å². The molecule has 0 aliphatic heterocycles. The van der Waals surface area contributed by atoms with E-state index in [2.05, 4.69) is 16.5 Å². The highest BCUT2D eigenvalue weighted by atomic mass is 32.1. The molecule has 0 spiro atoms. The Bertz CT molecular complexity index is 665. The summed E-state index contributed by atoms with van der Waals surface area (Å²) in [6, 6.07) is 2.22. The first-order valence-corrected chi connectivity index (χ1v) is 8.11. The Labute approximate surface area is 128 Å². The highest BCUT2D eigenvalue weighted by Crippen LogP contribution is 2.30. The molecule has 6 heteroatoms.